The molecule has 130 valence electrons. The molecule has 2 heterocycles. The van der Waals surface area contributed by atoms with E-state index < -0.39 is 0 Å². The number of benzene rings is 2. The van der Waals surface area contributed by atoms with Gasteiger partial charge in [-0.1, -0.05) is 18.2 Å². The van der Waals surface area contributed by atoms with Crippen molar-refractivity contribution in [1.82, 2.24) is 19.5 Å². The predicted octanol–water partition coefficient (Wildman–Crippen LogP) is 3.65. The number of ether oxygens (including phenoxy) is 1. The number of aromatic amines is 1. The van der Waals surface area contributed by atoms with E-state index in [4.69, 9.17) is 4.74 Å². The Kier molecular flexibility index (Phi) is 4.23. The van der Waals surface area contributed by atoms with Crippen molar-refractivity contribution in [2.75, 3.05) is 6.61 Å². The Morgan fingerprint density at radius 2 is 2.04 bits per heavy atom. The van der Waals surface area contributed by atoms with E-state index in [2.05, 4.69) is 27.1 Å². The number of nitrogens with zero attached hydrogens (tertiary/aromatic N) is 3. The number of fused-ring (bicyclic) bond motifs is 1. The van der Waals surface area contributed by atoms with E-state index in [0.29, 0.717) is 12.2 Å². The lowest BCUT2D eigenvalue weighted by molar-refractivity contribution is 0.0526. The maximum atomic E-state index is 11.7. The molecule has 0 spiro atoms. The van der Waals surface area contributed by atoms with Gasteiger partial charge in [-0.25, -0.2) is 14.8 Å². The summed E-state index contributed by atoms with van der Waals surface area (Å²) in [7, 11) is 0. The summed E-state index contributed by atoms with van der Waals surface area (Å²) in [4.78, 5) is 23.8. The fraction of sp³-hybridized carbons (Fsp3) is 0.150. The summed E-state index contributed by atoms with van der Waals surface area (Å²) >= 11 is 0. The second kappa shape index (κ2) is 6.84. The molecule has 0 aliphatic heterocycles. The lowest BCUT2D eigenvalue weighted by atomic mass is 10.1. The maximum absolute atomic E-state index is 11.7. The second-order valence-corrected chi connectivity index (χ2v) is 5.97. The molecule has 0 unspecified atom stereocenters. The molecule has 0 aliphatic carbocycles. The number of hydrogen-bond acceptors (Lipinski definition) is 4. The van der Waals surface area contributed by atoms with Gasteiger partial charge in [-0.15, -0.1) is 0 Å². The standard InChI is InChI=1S/C20H18N4O2/c1-2-26-20(25)16-6-4-15(5-7-16)19-22-17-8-3-14(11-18(17)23-19)12-24-10-9-21-13-24/h3-11,13H,2,12H2,1H3,(H,22,23). The van der Waals surface area contributed by atoms with Gasteiger partial charge in [-0.3, -0.25) is 0 Å². The predicted molar refractivity (Wildman–Crippen MR) is 98.8 cm³/mol. The van der Waals surface area contributed by atoms with Crippen LogP contribution in [0.4, 0.5) is 0 Å². The first-order valence-corrected chi connectivity index (χ1v) is 8.45. The van der Waals surface area contributed by atoms with Gasteiger partial charge in [0.2, 0.25) is 0 Å². The number of imidazole rings is 2. The molecule has 0 aliphatic rings. The summed E-state index contributed by atoms with van der Waals surface area (Å²) in [5.74, 6) is 0.461. The van der Waals surface area contributed by atoms with E-state index in [-0.39, 0.29) is 5.97 Å². The Bertz CT molecular complexity index is 1030. The van der Waals surface area contributed by atoms with Crippen LogP contribution in [0.2, 0.25) is 0 Å². The second-order valence-electron chi connectivity index (χ2n) is 5.97. The molecule has 0 fully saturated rings. The molecular weight excluding hydrogens is 328 g/mol. The number of carbonyl (C=O) groups excluding carboxylic acids is 1. The highest BCUT2D eigenvalue weighted by atomic mass is 16.5. The number of hydrogen-bond donors (Lipinski definition) is 1. The van der Waals surface area contributed by atoms with Crippen LogP contribution in [-0.2, 0) is 11.3 Å². The van der Waals surface area contributed by atoms with E-state index in [1.54, 1.807) is 31.6 Å². The van der Waals surface area contributed by atoms with Crippen molar-refractivity contribution in [2.24, 2.45) is 0 Å². The largest absolute Gasteiger partial charge is 0.462 e. The van der Waals surface area contributed by atoms with Crippen molar-refractivity contribution in [3.63, 3.8) is 0 Å². The average Bonchev–Trinajstić information content (AvgIpc) is 3.31. The highest BCUT2D eigenvalue weighted by Gasteiger charge is 2.09. The normalized spacial score (nSPS) is 11.0. The molecule has 1 N–H and O–H groups in total. The Morgan fingerprint density at radius 3 is 2.77 bits per heavy atom. The molecule has 6 heteroatoms. The van der Waals surface area contributed by atoms with Crippen molar-refractivity contribution < 1.29 is 9.53 Å². The van der Waals surface area contributed by atoms with E-state index in [0.717, 1.165) is 29.0 Å². The monoisotopic (exact) mass is 346 g/mol. The quantitative estimate of drug-likeness (QED) is 0.560. The lowest BCUT2D eigenvalue weighted by Gasteiger charge is -2.02. The fourth-order valence-electron chi connectivity index (χ4n) is 2.86. The van der Waals surface area contributed by atoms with Crippen LogP contribution >= 0.6 is 0 Å². The summed E-state index contributed by atoms with van der Waals surface area (Å²) in [5, 5.41) is 0. The number of rotatable bonds is 5. The minimum Gasteiger partial charge on any atom is -0.462 e. The number of H-pyrrole nitrogens is 1. The fourth-order valence-corrected chi connectivity index (χ4v) is 2.86. The van der Waals surface area contributed by atoms with Crippen molar-refractivity contribution in [1.29, 1.82) is 0 Å². The molecule has 4 rings (SSSR count). The van der Waals surface area contributed by atoms with Crippen molar-refractivity contribution in [3.8, 4) is 11.4 Å². The smallest absolute Gasteiger partial charge is 0.338 e. The van der Waals surface area contributed by atoms with Crippen LogP contribution in [0.5, 0.6) is 0 Å². The van der Waals surface area contributed by atoms with Gasteiger partial charge in [0.05, 0.1) is 29.5 Å². The van der Waals surface area contributed by atoms with Crippen LogP contribution in [0, 0.1) is 0 Å². The highest BCUT2D eigenvalue weighted by Crippen LogP contribution is 2.22. The molecule has 0 saturated carbocycles. The third-order valence-electron chi connectivity index (χ3n) is 4.14. The zero-order valence-electron chi connectivity index (χ0n) is 14.3. The van der Waals surface area contributed by atoms with E-state index in [1.807, 2.05) is 29.0 Å². The number of aromatic nitrogens is 4. The summed E-state index contributed by atoms with van der Waals surface area (Å²) < 4.78 is 7.03. The first kappa shape index (κ1) is 16.1. The minimum absolute atomic E-state index is 0.312. The minimum atomic E-state index is -0.312. The number of esters is 1. The van der Waals surface area contributed by atoms with Crippen LogP contribution in [0.1, 0.15) is 22.8 Å². The van der Waals surface area contributed by atoms with Crippen LogP contribution in [0.25, 0.3) is 22.4 Å². The molecule has 0 bridgehead atoms. The third kappa shape index (κ3) is 3.21. The van der Waals surface area contributed by atoms with Gasteiger partial charge >= 0.3 is 5.97 Å². The number of carbonyl (C=O) groups is 1. The van der Waals surface area contributed by atoms with Gasteiger partial charge in [-0.05, 0) is 36.8 Å². The molecule has 0 atom stereocenters. The highest BCUT2D eigenvalue weighted by molar-refractivity contribution is 5.90. The van der Waals surface area contributed by atoms with E-state index in [1.165, 1.54) is 5.56 Å². The van der Waals surface area contributed by atoms with Crippen molar-refractivity contribution >= 4 is 17.0 Å². The Labute approximate surface area is 150 Å². The van der Waals surface area contributed by atoms with Gasteiger partial charge in [0.15, 0.2) is 0 Å². The van der Waals surface area contributed by atoms with Crippen molar-refractivity contribution in [3.05, 3.63) is 72.3 Å². The average molecular weight is 346 g/mol. The first-order valence-electron chi connectivity index (χ1n) is 8.45. The van der Waals surface area contributed by atoms with E-state index in [9.17, 15) is 4.79 Å². The third-order valence-corrected chi connectivity index (χ3v) is 4.14. The Balaban J connectivity index is 1.59. The zero-order valence-corrected chi connectivity index (χ0v) is 14.3. The van der Waals surface area contributed by atoms with Gasteiger partial charge in [0, 0.05) is 24.5 Å². The van der Waals surface area contributed by atoms with Gasteiger partial charge < -0.3 is 14.3 Å². The van der Waals surface area contributed by atoms with E-state index >= 15 is 0 Å². The maximum Gasteiger partial charge on any atom is 0.338 e. The van der Waals surface area contributed by atoms with Crippen LogP contribution in [0.3, 0.4) is 0 Å². The van der Waals surface area contributed by atoms with Crippen LogP contribution < -0.4 is 0 Å². The summed E-state index contributed by atoms with van der Waals surface area (Å²) in [6, 6.07) is 13.4. The van der Waals surface area contributed by atoms with Gasteiger partial charge in [0.1, 0.15) is 5.82 Å². The zero-order chi connectivity index (χ0) is 17.9. The van der Waals surface area contributed by atoms with Crippen LogP contribution in [0.15, 0.2) is 61.2 Å². The molecular formula is C20H18N4O2. The molecule has 6 nitrogen and oxygen atoms in total. The molecule has 0 amide bonds. The molecule has 0 saturated heterocycles. The molecule has 2 aromatic heterocycles. The SMILES string of the molecule is CCOC(=O)c1ccc(-c2nc3ccc(Cn4ccnc4)cc3[nH]2)cc1. The van der Waals surface area contributed by atoms with Gasteiger partial charge in [0.25, 0.3) is 0 Å². The molecule has 0 radical (unpaired) electrons. The molecule has 26 heavy (non-hydrogen) atoms. The Morgan fingerprint density at radius 1 is 1.19 bits per heavy atom. The van der Waals surface area contributed by atoms with Gasteiger partial charge in [-0.2, -0.15) is 0 Å². The molecule has 4 aromatic rings. The summed E-state index contributed by atoms with van der Waals surface area (Å²) in [6.07, 6.45) is 5.51. The molecule has 2 aromatic carbocycles. The summed E-state index contributed by atoms with van der Waals surface area (Å²) in [5.41, 5.74) is 4.51. The van der Waals surface area contributed by atoms with Crippen molar-refractivity contribution in [2.45, 2.75) is 13.5 Å². The lowest BCUT2D eigenvalue weighted by Crippen LogP contribution is -2.04. The first-order chi connectivity index (χ1) is 12.7. The Hall–Kier alpha value is -3.41. The number of nitrogens with one attached hydrogen (secondary N) is 1. The topological polar surface area (TPSA) is 72.8 Å². The summed E-state index contributed by atoms with van der Waals surface area (Å²) in [6.45, 7) is 2.92. The van der Waals surface area contributed by atoms with Crippen LogP contribution in [-0.4, -0.2) is 32.1 Å².